The molecule has 2 rings (SSSR count). The minimum Gasteiger partial charge on any atom is -0.316 e. The molecular formula is C11H22N2O2S2. The third-order valence-electron chi connectivity index (χ3n) is 3.70. The monoisotopic (exact) mass is 278 g/mol. The van der Waals surface area contributed by atoms with Crippen LogP contribution in [0.5, 0.6) is 0 Å². The highest BCUT2D eigenvalue weighted by atomic mass is 32.2. The fraction of sp³-hybridized carbons (Fsp3) is 1.00. The van der Waals surface area contributed by atoms with E-state index < -0.39 is 10.0 Å². The molecule has 2 saturated heterocycles. The van der Waals surface area contributed by atoms with Crippen LogP contribution < -0.4 is 5.32 Å². The Bertz CT molecular complexity index is 333. The van der Waals surface area contributed by atoms with Gasteiger partial charge in [0.1, 0.15) is 0 Å². The van der Waals surface area contributed by atoms with Gasteiger partial charge in [-0.25, -0.2) is 12.7 Å². The topological polar surface area (TPSA) is 49.4 Å². The normalized spacial score (nSPS) is 30.9. The van der Waals surface area contributed by atoms with Gasteiger partial charge in [0.2, 0.25) is 10.0 Å². The third kappa shape index (κ3) is 3.59. The molecule has 2 atom stereocenters. The highest BCUT2D eigenvalue weighted by molar-refractivity contribution is 7.99. The summed E-state index contributed by atoms with van der Waals surface area (Å²) in [6.45, 7) is 1.89. The Kier molecular flexibility index (Phi) is 4.74. The van der Waals surface area contributed by atoms with Crippen LogP contribution in [0.25, 0.3) is 0 Å². The van der Waals surface area contributed by atoms with Crippen molar-refractivity contribution in [1.29, 1.82) is 0 Å². The van der Waals surface area contributed by atoms with E-state index in [0.717, 1.165) is 43.9 Å². The van der Waals surface area contributed by atoms with E-state index in [0.29, 0.717) is 11.7 Å². The van der Waals surface area contributed by atoms with Crippen molar-refractivity contribution in [2.45, 2.75) is 25.3 Å². The quantitative estimate of drug-likeness (QED) is 0.824. The maximum atomic E-state index is 12.3. The van der Waals surface area contributed by atoms with Crippen LogP contribution in [0.1, 0.15) is 19.3 Å². The van der Waals surface area contributed by atoms with Crippen LogP contribution in [-0.4, -0.2) is 56.2 Å². The molecule has 2 aliphatic rings. The number of nitrogens with one attached hydrogen (secondary N) is 1. The van der Waals surface area contributed by atoms with Gasteiger partial charge in [-0.1, -0.05) is 0 Å². The SMILES string of the molecule is CN(C1CCSC1)S(=O)(=O)CC1CCCNC1. The van der Waals surface area contributed by atoms with Crippen molar-refractivity contribution in [3.8, 4) is 0 Å². The molecule has 0 bridgehead atoms. The van der Waals surface area contributed by atoms with E-state index in [2.05, 4.69) is 5.32 Å². The van der Waals surface area contributed by atoms with E-state index >= 15 is 0 Å². The van der Waals surface area contributed by atoms with Gasteiger partial charge in [-0.15, -0.1) is 0 Å². The van der Waals surface area contributed by atoms with E-state index in [1.165, 1.54) is 0 Å². The molecule has 17 heavy (non-hydrogen) atoms. The maximum Gasteiger partial charge on any atom is 0.214 e. The van der Waals surface area contributed by atoms with Gasteiger partial charge in [-0.05, 0) is 44.0 Å². The molecule has 0 spiro atoms. The summed E-state index contributed by atoms with van der Waals surface area (Å²) in [5.74, 6) is 2.66. The molecule has 6 heteroatoms. The number of nitrogens with zero attached hydrogens (tertiary/aromatic N) is 1. The third-order valence-corrected chi connectivity index (χ3v) is 6.92. The lowest BCUT2D eigenvalue weighted by molar-refractivity contribution is 0.369. The number of hydrogen-bond donors (Lipinski definition) is 1. The van der Waals surface area contributed by atoms with Crippen molar-refractivity contribution < 1.29 is 8.42 Å². The summed E-state index contributed by atoms with van der Waals surface area (Å²) in [5.41, 5.74) is 0. The second kappa shape index (κ2) is 5.91. The Morgan fingerprint density at radius 2 is 2.24 bits per heavy atom. The van der Waals surface area contributed by atoms with Crippen molar-refractivity contribution >= 4 is 21.8 Å². The number of thioether (sulfide) groups is 1. The van der Waals surface area contributed by atoms with Crippen LogP contribution in [0.3, 0.4) is 0 Å². The Labute approximate surface area is 109 Å². The fourth-order valence-electron chi connectivity index (χ4n) is 2.52. The fourth-order valence-corrected chi connectivity index (χ4v) is 5.63. The average molecular weight is 278 g/mol. The summed E-state index contributed by atoms with van der Waals surface area (Å²) in [5, 5.41) is 3.28. The molecular weight excluding hydrogens is 256 g/mol. The Hall–Kier alpha value is 0.220. The van der Waals surface area contributed by atoms with Crippen molar-refractivity contribution in [1.82, 2.24) is 9.62 Å². The van der Waals surface area contributed by atoms with Gasteiger partial charge in [0.15, 0.2) is 0 Å². The second-order valence-electron chi connectivity index (χ2n) is 5.02. The standard InChI is InChI=1S/C11H22N2O2S2/c1-13(11-4-6-16-8-11)17(14,15)9-10-3-2-5-12-7-10/h10-12H,2-9H2,1H3. The number of piperidine rings is 1. The number of sulfonamides is 1. The minimum absolute atomic E-state index is 0.224. The van der Waals surface area contributed by atoms with E-state index in [-0.39, 0.29) is 6.04 Å². The maximum absolute atomic E-state index is 12.3. The molecule has 0 aromatic rings. The summed E-state index contributed by atoms with van der Waals surface area (Å²) < 4.78 is 26.2. The van der Waals surface area contributed by atoms with Crippen molar-refractivity contribution in [3.63, 3.8) is 0 Å². The molecule has 4 nitrogen and oxygen atoms in total. The van der Waals surface area contributed by atoms with Crippen LogP contribution in [0.4, 0.5) is 0 Å². The first kappa shape index (κ1) is 13.6. The van der Waals surface area contributed by atoms with E-state index in [9.17, 15) is 8.42 Å². The Morgan fingerprint density at radius 1 is 1.41 bits per heavy atom. The molecule has 0 aliphatic carbocycles. The van der Waals surface area contributed by atoms with E-state index in [4.69, 9.17) is 0 Å². The molecule has 0 aromatic heterocycles. The molecule has 0 amide bonds. The predicted molar refractivity (Wildman–Crippen MR) is 72.9 cm³/mol. The Balaban J connectivity index is 1.92. The van der Waals surface area contributed by atoms with Crippen molar-refractivity contribution in [2.24, 2.45) is 5.92 Å². The van der Waals surface area contributed by atoms with Crippen LogP contribution in [0.15, 0.2) is 0 Å². The molecule has 0 saturated carbocycles. The van der Waals surface area contributed by atoms with Gasteiger partial charge >= 0.3 is 0 Å². The first-order valence-corrected chi connectivity index (χ1v) is 9.10. The molecule has 2 unspecified atom stereocenters. The number of hydrogen-bond acceptors (Lipinski definition) is 4. The van der Waals surface area contributed by atoms with Gasteiger partial charge in [0.05, 0.1) is 5.75 Å². The van der Waals surface area contributed by atoms with Gasteiger partial charge in [-0.2, -0.15) is 11.8 Å². The zero-order valence-electron chi connectivity index (χ0n) is 10.4. The predicted octanol–water partition coefficient (Wildman–Crippen LogP) is 0.753. The van der Waals surface area contributed by atoms with E-state index in [1.807, 2.05) is 11.8 Å². The highest BCUT2D eigenvalue weighted by Gasteiger charge is 2.31. The molecule has 0 radical (unpaired) electrons. The van der Waals surface area contributed by atoms with Crippen molar-refractivity contribution in [3.05, 3.63) is 0 Å². The summed E-state index contributed by atoms with van der Waals surface area (Å²) >= 11 is 1.85. The van der Waals surface area contributed by atoms with Crippen LogP contribution in [0.2, 0.25) is 0 Å². The average Bonchev–Trinajstić information content (AvgIpc) is 2.82. The van der Waals surface area contributed by atoms with Gasteiger partial charge in [0, 0.05) is 18.8 Å². The first-order valence-electron chi connectivity index (χ1n) is 6.34. The van der Waals surface area contributed by atoms with Crippen LogP contribution in [-0.2, 0) is 10.0 Å². The Morgan fingerprint density at radius 3 is 2.82 bits per heavy atom. The summed E-state index contributed by atoms with van der Waals surface area (Å²) in [4.78, 5) is 0. The summed E-state index contributed by atoms with van der Waals surface area (Å²) in [6, 6.07) is 0.224. The zero-order chi connectivity index (χ0) is 12.3. The summed E-state index contributed by atoms with van der Waals surface area (Å²) in [7, 11) is -1.31. The zero-order valence-corrected chi connectivity index (χ0v) is 12.0. The largest absolute Gasteiger partial charge is 0.316 e. The lowest BCUT2D eigenvalue weighted by atomic mass is 10.0. The molecule has 100 valence electrons. The lowest BCUT2D eigenvalue weighted by Gasteiger charge is -2.28. The van der Waals surface area contributed by atoms with E-state index in [1.54, 1.807) is 11.4 Å². The molecule has 0 aromatic carbocycles. The summed E-state index contributed by atoms with van der Waals surface area (Å²) in [6.07, 6.45) is 3.14. The smallest absolute Gasteiger partial charge is 0.214 e. The molecule has 2 fully saturated rings. The van der Waals surface area contributed by atoms with Gasteiger partial charge in [0.25, 0.3) is 0 Å². The van der Waals surface area contributed by atoms with Crippen molar-refractivity contribution in [2.75, 3.05) is 37.4 Å². The second-order valence-corrected chi connectivity index (χ2v) is 8.25. The minimum atomic E-state index is -3.06. The highest BCUT2D eigenvalue weighted by Crippen LogP contribution is 2.24. The van der Waals surface area contributed by atoms with Gasteiger partial charge < -0.3 is 5.32 Å². The first-order chi connectivity index (χ1) is 8.09. The van der Waals surface area contributed by atoms with Crippen LogP contribution in [0, 0.1) is 5.92 Å². The molecule has 2 heterocycles. The molecule has 1 N–H and O–H groups in total. The van der Waals surface area contributed by atoms with Gasteiger partial charge in [-0.3, -0.25) is 0 Å². The van der Waals surface area contributed by atoms with Crippen LogP contribution >= 0.6 is 11.8 Å². The lowest BCUT2D eigenvalue weighted by Crippen LogP contribution is -2.42. The molecule has 2 aliphatic heterocycles. The number of rotatable bonds is 4.